The number of hydrogen-bond acceptors (Lipinski definition) is 2. The van der Waals surface area contributed by atoms with Crippen molar-refractivity contribution in [3.63, 3.8) is 0 Å². The van der Waals surface area contributed by atoms with Gasteiger partial charge in [-0.2, -0.15) is 0 Å². The second-order valence-electron chi connectivity index (χ2n) is 6.78. The molecular formula is C21H23N3O. The molecule has 1 heterocycles. The monoisotopic (exact) mass is 333 g/mol. The van der Waals surface area contributed by atoms with Gasteiger partial charge in [-0.25, -0.2) is 4.98 Å². The first kappa shape index (κ1) is 15.9. The van der Waals surface area contributed by atoms with Crippen LogP contribution in [0.3, 0.4) is 0 Å². The maximum absolute atomic E-state index is 12.6. The quantitative estimate of drug-likeness (QED) is 0.779. The van der Waals surface area contributed by atoms with Crippen LogP contribution in [0.4, 0.5) is 0 Å². The Morgan fingerprint density at radius 1 is 1.00 bits per heavy atom. The van der Waals surface area contributed by atoms with Crippen LogP contribution in [0.2, 0.25) is 0 Å². The number of nitrogens with zero attached hydrogens (tertiary/aromatic N) is 2. The zero-order chi connectivity index (χ0) is 17.1. The van der Waals surface area contributed by atoms with Gasteiger partial charge in [0, 0.05) is 11.6 Å². The first-order valence-electron chi connectivity index (χ1n) is 9.11. The molecule has 0 radical (unpaired) electrons. The lowest BCUT2D eigenvalue weighted by Gasteiger charge is -2.23. The molecule has 3 aromatic rings. The molecule has 1 aromatic heterocycles. The molecule has 1 N–H and O–H groups in total. The second kappa shape index (κ2) is 7.09. The number of hydrogen-bond donors (Lipinski definition) is 1. The second-order valence-corrected chi connectivity index (χ2v) is 6.78. The Kier molecular flexibility index (Phi) is 4.51. The average molecular weight is 333 g/mol. The fourth-order valence-electron chi connectivity index (χ4n) is 3.71. The number of fused-ring (bicyclic) bond motifs is 1. The van der Waals surface area contributed by atoms with Crippen LogP contribution in [-0.4, -0.2) is 21.5 Å². The van der Waals surface area contributed by atoms with E-state index in [1.54, 1.807) is 0 Å². The number of amides is 1. The summed E-state index contributed by atoms with van der Waals surface area (Å²) in [6.07, 6.45) is 5.92. The fourth-order valence-corrected chi connectivity index (χ4v) is 3.71. The molecule has 1 fully saturated rings. The van der Waals surface area contributed by atoms with E-state index in [4.69, 9.17) is 4.98 Å². The number of benzene rings is 2. The van der Waals surface area contributed by atoms with Gasteiger partial charge in [-0.15, -0.1) is 0 Å². The van der Waals surface area contributed by atoms with Gasteiger partial charge < -0.3 is 9.88 Å². The first-order valence-corrected chi connectivity index (χ1v) is 9.11. The average Bonchev–Trinajstić information content (AvgIpc) is 3.02. The van der Waals surface area contributed by atoms with Crippen molar-refractivity contribution in [2.45, 2.75) is 44.7 Å². The van der Waals surface area contributed by atoms with Crippen molar-refractivity contribution in [2.24, 2.45) is 0 Å². The highest BCUT2D eigenvalue weighted by molar-refractivity contribution is 5.84. The van der Waals surface area contributed by atoms with Crippen LogP contribution in [0.1, 0.15) is 32.1 Å². The predicted octanol–water partition coefficient (Wildman–Crippen LogP) is 4.15. The first-order chi connectivity index (χ1) is 12.3. The third-order valence-electron chi connectivity index (χ3n) is 4.96. The highest BCUT2D eigenvalue weighted by Gasteiger charge is 2.18. The van der Waals surface area contributed by atoms with Crippen molar-refractivity contribution in [2.75, 3.05) is 0 Å². The summed E-state index contributed by atoms with van der Waals surface area (Å²) < 4.78 is 2.03. The standard InChI is InChI=1S/C21H23N3O/c25-20(22-17-11-5-2-6-12-17)15-24-19-14-8-7-13-18(19)23-21(24)16-9-3-1-4-10-16/h1,3-4,7-10,13-14,17H,2,5-6,11-12,15H2,(H,22,25). The van der Waals surface area contributed by atoms with Gasteiger partial charge in [0.15, 0.2) is 0 Å². The number of imidazole rings is 1. The SMILES string of the molecule is O=C(Cn1c(-c2ccccc2)nc2ccccc21)NC1CCCCC1. The third-order valence-corrected chi connectivity index (χ3v) is 4.96. The Morgan fingerprint density at radius 3 is 2.52 bits per heavy atom. The fraction of sp³-hybridized carbons (Fsp3) is 0.333. The van der Waals surface area contributed by atoms with Gasteiger partial charge in [0.25, 0.3) is 0 Å². The minimum Gasteiger partial charge on any atom is -0.352 e. The molecule has 25 heavy (non-hydrogen) atoms. The van der Waals surface area contributed by atoms with E-state index in [0.717, 1.165) is 35.3 Å². The molecule has 0 saturated heterocycles. The summed E-state index contributed by atoms with van der Waals surface area (Å²) in [5.41, 5.74) is 2.95. The number of para-hydroxylation sites is 2. The topological polar surface area (TPSA) is 46.9 Å². The summed E-state index contributed by atoms with van der Waals surface area (Å²) in [6, 6.07) is 18.4. The van der Waals surface area contributed by atoms with Gasteiger partial charge in [-0.1, -0.05) is 61.7 Å². The molecule has 1 aliphatic rings. The molecule has 0 atom stereocenters. The van der Waals surface area contributed by atoms with Gasteiger partial charge in [0.05, 0.1) is 11.0 Å². The largest absolute Gasteiger partial charge is 0.352 e. The van der Waals surface area contributed by atoms with Crippen LogP contribution in [0.25, 0.3) is 22.4 Å². The van der Waals surface area contributed by atoms with E-state index < -0.39 is 0 Å². The smallest absolute Gasteiger partial charge is 0.240 e. The van der Waals surface area contributed by atoms with Gasteiger partial charge >= 0.3 is 0 Å². The third kappa shape index (κ3) is 3.43. The Morgan fingerprint density at radius 2 is 1.72 bits per heavy atom. The molecule has 4 nitrogen and oxygen atoms in total. The number of carbonyl (C=O) groups excluding carboxylic acids is 1. The minimum absolute atomic E-state index is 0.0761. The number of nitrogens with one attached hydrogen (secondary N) is 1. The molecule has 4 rings (SSSR count). The van der Waals surface area contributed by atoms with Crippen molar-refractivity contribution >= 4 is 16.9 Å². The van der Waals surface area contributed by atoms with Gasteiger partial charge in [0.2, 0.25) is 5.91 Å². The summed E-state index contributed by atoms with van der Waals surface area (Å²) in [4.78, 5) is 17.4. The predicted molar refractivity (Wildman–Crippen MR) is 100 cm³/mol. The van der Waals surface area contributed by atoms with E-state index in [-0.39, 0.29) is 5.91 Å². The van der Waals surface area contributed by atoms with Crippen LogP contribution in [0.15, 0.2) is 54.6 Å². The molecular weight excluding hydrogens is 310 g/mol. The number of aromatic nitrogens is 2. The summed E-state index contributed by atoms with van der Waals surface area (Å²) in [5, 5.41) is 3.21. The maximum Gasteiger partial charge on any atom is 0.240 e. The van der Waals surface area contributed by atoms with Crippen LogP contribution >= 0.6 is 0 Å². The van der Waals surface area contributed by atoms with Crippen molar-refractivity contribution in [1.82, 2.24) is 14.9 Å². The van der Waals surface area contributed by atoms with E-state index in [1.807, 2.05) is 59.2 Å². The van der Waals surface area contributed by atoms with Crippen molar-refractivity contribution in [3.8, 4) is 11.4 Å². The lowest BCUT2D eigenvalue weighted by molar-refractivity contribution is -0.122. The summed E-state index contributed by atoms with van der Waals surface area (Å²) in [6.45, 7) is 0.307. The van der Waals surface area contributed by atoms with Crippen LogP contribution in [0.5, 0.6) is 0 Å². The number of rotatable bonds is 4. The summed E-state index contributed by atoms with van der Waals surface area (Å²) in [7, 11) is 0. The van der Waals surface area contributed by atoms with Crippen LogP contribution in [0, 0.1) is 0 Å². The van der Waals surface area contributed by atoms with Crippen molar-refractivity contribution in [3.05, 3.63) is 54.6 Å². The molecule has 0 unspecified atom stereocenters. The van der Waals surface area contributed by atoms with E-state index in [9.17, 15) is 4.79 Å². The summed E-state index contributed by atoms with van der Waals surface area (Å²) >= 11 is 0. The molecule has 2 aromatic carbocycles. The normalized spacial score (nSPS) is 15.4. The molecule has 1 aliphatic carbocycles. The van der Waals surface area contributed by atoms with Gasteiger partial charge in [-0.05, 0) is 25.0 Å². The highest BCUT2D eigenvalue weighted by atomic mass is 16.2. The Bertz CT molecular complexity index is 863. The molecule has 0 spiro atoms. The molecule has 0 aliphatic heterocycles. The molecule has 1 saturated carbocycles. The Hall–Kier alpha value is -2.62. The van der Waals surface area contributed by atoms with E-state index in [0.29, 0.717) is 12.6 Å². The zero-order valence-electron chi connectivity index (χ0n) is 14.3. The Labute approximate surface area is 147 Å². The van der Waals surface area contributed by atoms with E-state index in [2.05, 4.69) is 5.32 Å². The Balaban J connectivity index is 1.64. The van der Waals surface area contributed by atoms with Crippen LogP contribution < -0.4 is 5.32 Å². The lowest BCUT2D eigenvalue weighted by Crippen LogP contribution is -2.38. The zero-order valence-corrected chi connectivity index (χ0v) is 14.3. The van der Waals surface area contributed by atoms with E-state index >= 15 is 0 Å². The number of carbonyl (C=O) groups is 1. The lowest BCUT2D eigenvalue weighted by atomic mass is 9.95. The van der Waals surface area contributed by atoms with Crippen molar-refractivity contribution in [1.29, 1.82) is 0 Å². The van der Waals surface area contributed by atoms with Crippen LogP contribution in [-0.2, 0) is 11.3 Å². The minimum atomic E-state index is 0.0761. The van der Waals surface area contributed by atoms with E-state index in [1.165, 1.54) is 19.3 Å². The highest BCUT2D eigenvalue weighted by Crippen LogP contribution is 2.25. The molecule has 0 bridgehead atoms. The van der Waals surface area contributed by atoms with Gasteiger partial charge in [-0.3, -0.25) is 4.79 Å². The van der Waals surface area contributed by atoms with Crippen molar-refractivity contribution < 1.29 is 4.79 Å². The molecule has 4 heteroatoms. The van der Waals surface area contributed by atoms with Gasteiger partial charge in [0.1, 0.15) is 12.4 Å². The molecule has 1 amide bonds. The maximum atomic E-state index is 12.6. The summed E-state index contributed by atoms with van der Waals surface area (Å²) in [5.74, 6) is 0.924. The molecule has 128 valence electrons.